The number of anilines is 1. The predicted molar refractivity (Wildman–Crippen MR) is 57.3 cm³/mol. The highest BCUT2D eigenvalue weighted by Crippen LogP contribution is 2.37. The number of hydrogen-bond donors (Lipinski definition) is 2. The monoisotopic (exact) mass is 233 g/mol. The molecule has 0 atom stereocenters. The number of nitrogens with zero attached hydrogens (tertiary/aromatic N) is 5. The predicted octanol–water partition coefficient (Wildman–Crippen LogP) is 0.0629. The molecule has 0 unspecified atom stereocenters. The summed E-state index contributed by atoms with van der Waals surface area (Å²) >= 11 is 0. The van der Waals surface area contributed by atoms with E-state index < -0.39 is 0 Å². The number of carbonyl (C=O) groups excluding carboxylic acids is 1. The van der Waals surface area contributed by atoms with Gasteiger partial charge in [-0.25, -0.2) is 9.67 Å². The van der Waals surface area contributed by atoms with Crippen molar-refractivity contribution in [1.29, 1.82) is 0 Å². The summed E-state index contributed by atoms with van der Waals surface area (Å²) in [5, 5.41) is 13.1. The zero-order valence-corrected chi connectivity index (χ0v) is 9.21. The number of carbonyl (C=O) groups is 1. The van der Waals surface area contributed by atoms with Crippen LogP contribution in [0.3, 0.4) is 0 Å². The van der Waals surface area contributed by atoms with E-state index in [2.05, 4.69) is 30.6 Å². The number of hydrogen-bond acceptors (Lipinski definition) is 5. The first-order chi connectivity index (χ1) is 8.24. The second kappa shape index (κ2) is 3.65. The highest BCUT2D eigenvalue weighted by molar-refractivity contribution is 6.00. The molecule has 1 aliphatic rings. The fourth-order valence-electron chi connectivity index (χ4n) is 1.48. The molecule has 0 aliphatic heterocycles. The SMILES string of the molecule is Cn1ncnc1NC(=O)c1n[nH]c(C2CC2)n1. The second-order valence-corrected chi connectivity index (χ2v) is 3.98. The zero-order valence-electron chi connectivity index (χ0n) is 9.21. The van der Waals surface area contributed by atoms with Gasteiger partial charge in [0.25, 0.3) is 5.91 Å². The van der Waals surface area contributed by atoms with Crippen LogP contribution >= 0.6 is 0 Å². The minimum absolute atomic E-state index is 0.134. The molecule has 1 aliphatic carbocycles. The van der Waals surface area contributed by atoms with E-state index in [0.717, 1.165) is 18.7 Å². The van der Waals surface area contributed by atoms with Crippen LogP contribution in [0.5, 0.6) is 0 Å². The molecule has 2 aromatic rings. The Morgan fingerprint density at radius 2 is 2.41 bits per heavy atom. The summed E-state index contributed by atoms with van der Waals surface area (Å²) < 4.78 is 1.46. The standard InChI is InChI=1S/C9H11N7O/c1-16-9(10-4-11-16)13-8(17)7-12-6(14-15-7)5-2-3-5/h4-5H,2-3H2,1H3,(H,12,14,15)(H,10,11,13,17). The van der Waals surface area contributed by atoms with Crippen LogP contribution in [0.4, 0.5) is 5.95 Å². The quantitative estimate of drug-likeness (QED) is 0.780. The minimum Gasteiger partial charge on any atom is -0.288 e. The van der Waals surface area contributed by atoms with E-state index in [4.69, 9.17) is 0 Å². The highest BCUT2D eigenvalue weighted by Gasteiger charge is 2.28. The first-order valence-corrected chi connectivity index (χ1v) is 5.31. The number of rotatable bonds is 3. The van der Waals surface area contributed by atoms with Gasteiger partial charge in [-0.15, -0.1) is 5.10 Å². The van der Waals surface area contributed by atoms with Crippen LogP contribution in [0.1, 0.15) is 35.2 Å². The van der Waals surface area contributed by atoms with Gasteiger partial charge in [-0.2, -0.15) is 10.1 Å². The topological polar surface area (TPSA) is 101 Å². The number of aryl methyl sites for hydroxylation is 1. The molecule has 3 rings (SSSR count). The molecule has 1 amide bonds. The van der Waals surface area contributed by atoms with Crippen molar-refractivity contribution in [2.75, 3.05) is 5.32 Å². The maximum absolute atomic E-state index is 11.8. The molecule has 2 heterocycles. The molecular weight excluding hydrogens is 222 g/mol. The van der Waals surface area contributed by atoms with E-state index in [1.165, 1.54) is 11.0 Å². The number of H-pyrrole nitrogens is 1. The van der Waals surface area contributed by atoms with Gasteiger partial charge in [0.05, 0.1) is 0 Å². The van der Waals surface area contributed by atoms with Gasteiger partial charge in [0, 0.05) is 13.0 Å². The molecular formula is C9H11N7O. The smallest absolute Gasteiger partial charge is 0.288 e. The summed E-state index contributed by atoms with van der Waals surface area (Å²) in [6.45, 7) is 0. The third kappa shape index (κ3) is 1.88. The third-order valence-corrected chi connectivity index (χ3v) is 2.61. The van der Waals surface area contributed by atoms with Gasteiger partial charge < -0.3 is 0 Å². The summed E-state index contributed by atoms with van der Waals surface area (Å²) in [4.78, 5) is 19.8. The first kappa shape index (κ1) is 9.94. The van der Waals surface area contributed by atoms with E-state index in [1.807, 2.05) is 0 Å². The lowest BCUT2D eigenvalue weighted by Gasteiger charge is -1.99. The Balaban J connectivity index is 1.74. The molecule has 8 heteroatoms. The zero-order chi connectivity index (χ0) is 11.8. The lowest BCUT2D eigenvalue weighted by molar-refractivity contribution is 0.101. The Morgan fingerprint density at radius 3 is 3.06 bits per heavy atom. The third-order valence-electron chi connectivity index (χ3n) is 2.61. The molecule has 8 nitrogen and oxygen atoms in total. The van der Waals surface area contributed by atoms with Crippen molar-refractivity contribution >= 4 is 11.9 Å². The molecule has 0 spiro atoms. The summed E-state index contributed by atoms with van der Waals surface area (Å²) in [5.74, 6) is 1.35. The molecule has 2 N–H and O–H groups in total. The van der Waals surface area contributed by atoms with Crippen LogP contribution in [0, 0.1) is 0 Å². The van der Waals surface area contributed by atoms with E-state index >= 15 is 0 Å². The Hall–Kier alpha value is -2.25. The molecule has 0 saturated heterocycles. The van der Waals surface area contributed by atoms with E-state index in [1.54, 1.807) is 7.05 Å². The molecule has 0 radical (unpaired) electrons. The van der Waals surface area contributed by atoms with E-state index in [0.29, 0.717) is 11.9 Å². The molecule has 88 valence electrons. The second-order valence-electron chi connectivity index (χ2n) is 3.98. The maximum atomic E-state index is 11.8. The van der Waals surface area contributed by atoms with Gasteiger partial charge in [0.2, 0.25) is 11.8 Å². The summed E-state index contributed by atoms with van der Waals surface area (Å²) in [6, 6.07) is 0. The molecule has 2 aromatic heterocycles. The summed E-state index contributed by atoms with van der Waals surface area (Å²) in [7, 11) is 1.69. The van der Waals surface area contributed by atoms with Crippen molar-refractivity contribution in [3.05, 3.63) is 18.0 Å². The number of amides is 1. The molecule has 1 saturated carbocycles. The number of aromatic amines is 1. The maximum Gasteiger partial charge on any atom is 0.297 e. The lowest BCUT2D eigenvalue weighted by atomic mass is 10.4. The highest BCUT2D eigenvalue weighted by atomic mass is 16.2. The van der Waals surface area contributed by atoms with Gasteiger partial charge in [0.1, 0.15) is 12.2 Å². The van der Waals surface area contributed by atoms with E-state index in [9.17, 15) is 4.79 Å². The number of aromatic nitrogens is 6. The van der Waals surface area contributed by atoms with E-state index in [-0.39, 0.29) is 11.7 Å². The van der Waals surface area contributed by atoms with Crippen molar-refractivity contribution in [3.63, 3.8) is 0 Å². The Morgan fingerprint density at radius 1 is 1.59 bits per heavy atom. The average Bonchev–Trinajstić information content (AvgIpc) is 2.91. The average molecular weight is 233 g/mol. The summed E-state index contributed by atoms with van der Waals surface area (Å²) in [5.41, 5.74) is 0. The van der Waals surface area contributed by atoms with Gasteiger partial charge >= 0.3 is 0 Å². The Labute approximate surface area is 96.5 Å². The largest absolute Gasteiger partial charge is 0.297 e. The van der Waals surface area contributed by atoms with Crippen molar-refractivity contribution < 1.29 is 4.79 Å². The minimum atomic E-state index is -0.385. The normalized spacial score (nSPS) is 14.9. The van der Waals surface area contributed by atoms with Crippen molar-refractivity contribution in [3.8, 4) is 0 Å². The molecule has 17 heavy (non-hydrogen) atoms. The fourth-order valence-corrected chi connectivity index (χ4v) is 1.48. The Bertz CT molecular complexity index is 553. The van der Waals surface area contributed by atoms with Gasteiger partial charge in [0.15, 0.2) is 0 Å². The van der Waals surface area contributed by atoms with Crippen LogP contribution < -0.4 is 5.32 Å². The summed E-state index contributed by atoms with van der Waals surface area (Å²) in [6.07, 6.45) is 3.59. The molecule has 1 fully saturated rings. The van der Waals surface area contributed by atoms with Crippen LogP contribution in [0.15, 0.2) is 6.33 Å². The van der Waals surface area contributed by atoms with Gasteiger partial charge in [-0.1, -0.05) is 0 Å². The first-order valence-electron chi connectivity index (χ1n) is 5.31. The van der Waals surface area contributed by atoms with Crippen molar-refractivity contribution in [2.45, 2.75) is 18.8 Å². The van der Waals surface area contributed by atoms with Crippen LogP contribution in [0.25, 0.3) is 0 Å². The van der Waals surface area contributed by atoms with Crippen molar-refractivity contribution in [1.82, 2.24) is 29.9 Å². The van der Waals surface area contributed by atoms with Crippen LogP contribution in [0.2, 0.25) is 0 Å². The fraction of sp³-hybridized carbons (Fsp3) is 0.444. The van der Waals surface area contributed by atoms with Crippen LogP contribution in [-0.4, -0.2) is 35.9 Å². The number of nitrogens with one attached hydrogen (secondary N) is 2. The van der Waals surface area contributed by atoms with Gasteiger partial charge in [-0.3, -0.25) is 15.2 Å². The van der Waals surface area contributed by atoms with Gasteiger partial charge in [-0.05, 0) is 12.8 Å². The lowest BCUT2D eigenvalue weighted by Crippen LogP contribution is -2.16. The van der Waals surface area contributed by atoms with Crippen molar-refractivity contribution in [2.24, 2.45) is 7.05 Å². The molecule has 0 aromatic carbocycles. The molecule has 0 bridgehead atoms. The van der Waals surface area contributed by atoms with Crippen LogP contribution in [-0.2, 0) is 7.05 Å². The Kier molecular flexibility index (Phi) is 2.13.